The molecule has 1 unspecified atom stereocenters. The lowest BCUT2D eigenvalue weighted by molar-refractivity contribution is -0.116. The van der Waals surface area contributed by atoms with E-state index >= 15 is 0 Å². The highest BCUT2D eigenvalue weighted by atomic mass is 19.1. The topological polar surface area (TPSA) is 38.3 Å². The first-order valence-electron chi connectivity index (χ1n) is 6.85. The Morgan fingerprint density at radius 3 is 2.59 bits per heavy atom. The van der Waals surface area contributed by atoms with E-state index in [1.54, 1.807) is 38.1 Å². The summed E-state index contributed by atoms with van der Waals surface area (Å²) in [6.45, 7) is 3.35. The lowest BCUT2D eigenvalue weighted by Gasteiger charge is -2.14. The molecule has 0 saturated heterocycles. The number of ether oxygens (including phenoxy) is 1. The summed E-state index contributed by atoms with van der Waals surface area (Å²) >= 11 is 0. The first kappa shape index (κ1) is 15.6. The Bertz CT molecular complexity index is 717. The molecule has 22 heavy (non-hydrogen) atoms. The van der Waals surface area contributed by atoms with E-state index in [-0.39, 0.29) is 17.7 Å². The molecule has 0 heterocycles. The molecular weight excluding hydrogens is 281 g/mol. The predicted molar refractivity (Wildman–Crippen MR) is 82.9 cm³/mol. The van der Waals surface area contributed by atoms with Gasteiger partial charge in [-0.25, -0.2) is 4.39 Å². The van der Waals surface area contributed by atoms with Crippen molar-refractivity contribution in [3.63, 3.8) is 0 Å². The fraction of sp³-hybridized carbons (Fsp3) is 0.167. The summed E-state index contributed by atoms with van der Waals surface area (Å²) in [4.78, 5) is 11.4. The molecule has 1 atom stereocenters. The van der Waals surface area contributed by atoms with Crippen LogP contribution in [0.15, 0.2) is 48.5 Å². The van der Waals surface area contributed by atoms with Gasteiger partial charge in [0.15, 0.2) is 11.6 Å². The molecule has 3 nitrogen and oxygen atoms in total. The molecule has 2 aromatic rings. The second-order valence-electron chi connectivity index (χ2n) is 4.68. The van der Waals surface area contributed by atoms with Crippen LogP contribution in [0.1, 0.15) is 25.5 Å². The molecule has 112 valence electrons. The largest absolute Gasteiger partial charge is 0.454 e. The summed E-state index contributed by atoms with van der Waals surface area (Å²) in [6.07, 6.45) is 0. The van der Waals surface area contributed by atoms with E-state index in [0.717, 1.165) is 0 Å². The Hall–Kier alpha value is -2.80. The van der Waals surface area contributed by atoms with E-state index in [9.17, 15) is 9.18 Å². The van der Waals surface area contributed by atoms with Crippen LogP contribution < -0.4 is 10.1 Å². The monoisotopic (exact) mass is 297 g/mol. The number of benzene rings is 2. The molecule has 0 aromatic heterocycles. The smallest absolute Gasteiger partial charge is 0.296 e. The normalized spacial score (nSPS) is 11.0. The Morgan fingerprint density at radius 2 is 1.95 bits per heavy atom. The number of para-hydroxylation sites is 1. The number of hydrogen-bond donors (Lipinski definition) is 1. The highest BCUT2D eigenvalue weighted by Gasteiger charge is 2.12. The van der Waals surface area contributed by atoms with Crippen LogP contribution in [-0.2, 0) is 4.79 Å². The molecule has 1 amide bonds. The van der Waals surface area contributed by atoms with Gasteiger partial charge in [-0.3, -0.25) is 4.79 Å². The van der Waals surface area contributed by atoms with Crippen LogP contribution in [0, 0.1) is 17.7 Å². The molecule has 0 aliphatic heterocycles. The van der Waals surface area contributed by atoms with E-state index in [1.807, 2.05) is 18.2 Å². The van der Waals surface area contributed by atoms with E-state index in [0.29, 0.717) is 11.3 Å². The van der Waals surface area contributed by atoms with Crippen LogP contribution in [0.4, 0.5) is 4.39 Å². The van der Waals surface area contributed by atoms with Crippen molar-refractivity contribution < 1.29 is 13.9 Å². The number of nitrogens with one attached hydrogen (secondary N) is 1. The van der Waals surface area contributed by atoms with Crippen molar-refractivity contribution in [2.45, 2.75) is 19.9 Å². The molecule has 0 saturated carbocycles. The maximum absolute atomic E-state index is 14.1. The summed E-state index contributed by atoms with van der Waals surface area (Å²) in [7, 11) is 0. The average molecular weight is 297 g/mol. The van der Waals surface area contributed by atoms with Crippen molar-refractivity contribution in [3.05, 3.63) is 59.9 Å². The van der Waals surface area contributed by atoms with Gasteiger partial charge >= 0.3 is 0 Å². The minimum absolute atomic E-state index is 0.141. The highest BCUT2D eigenvalue weighted by Crippen LogP contribution is 2.26. The first-order valence-corrected chi connectivity index (χ1v) is 6.85. The van der Waals surface area contributed by atoms with Gasteiger partial charge < -0.3 is 10.1 Å². The lowest BCUT2D eigenvalue weighted by atomic mass is 10.1. The molecule has 4 heteroatoms. The second-order valence-corrected chi connectivity index (χ2v) is 4.68. The Labute approximate surface area is 129 Å². The number of rotatable bonds is 4. The molecule has 2 rings (SSSR count). The molecular formula is C18H16FNO2. The predicted octanol–water partition coefficient (Wildman–Crippen LogP) is 3.82. The minimum atomic E-state index is -0.482. The molecule has 0 spiro atoms. The maximum atomic E-state index is 14.1. The van der Waals surface area contributed by atoms with Gasteiger partial charge in [0.2, 0.25) is 0 Å². The molecule has 2 aromatic carbocycles. The fourth-order valence-corrected chi connectivity index (χ4v) is 1.91. The average Bonchev–Trinajstić information content (AvgIpc) is 2.50. The van der Waals surface area contributed by atoms with Crippen molar-refractivity contribution in [1.29, 1.82) is 0 Å². The van der Waals surface area contributed by atoms with Gasteiger partial charge in [0.25, 0.3) is 5.91 Å². The Morgan fingerprint density at radius 1 is 1.23 bits per heavy atom. The standard InChI is InChI=1S/C18H16FNO2/c1-3-7-18(21)20-13(2)14-10-11-17(16(19)12-14)22-15-8-5-4-6-9-15/h4-6,8-13H,1-2H3,(H,20,21). The third kappa shape index (κ3) is 4.10. The van der Waals surface area contributed by atoms with Crippen molar-refractivity contribution in [2.75, 3.05) is 0 Å². The van der Waals surface area contributed by atoms with Crippen LogP contribution in [0.5, 0.6) is 11.5 Å². The number of halogens is 1. The summed E-state index contributed by atoms with van der Waals surface area (Å²) in [5.74, 6) is 4.74. The Balaban J connectivity index is 2.11. The van der Waals surface area contributed by atoms with Gasteiger partial charge in [-0.2, -0.15) is 0 Å². The van der Waals surface area contributed by atoms with Crippen molar-refractivity contribution in [3.8, 4) is 23.3 Å². The van der Waals surface area contributed by atoms with Crippen LogP contribution in [0.2, 0.25) is 0 Å². The lowest BCUT2D eigenvalue weighted by Crippen LogP contribution is -2.25. The van der Waals surface area contributed by atoms with Gasteiger partial charge in [-0.05, 0) is 49.6 Å². The summed E-state index contributed by atoms with van der Waals surface area (Å²) in [6, 6.07) is 13.3. The van der Waals surface area contributed by atoms with Crippen molar-refractivity contribution in [2.24, 2.45) is 0 Å². The van der Waals surface area contributed by atoms with Gasteiger partial charge in [0.05, 0.1) is 6.04 Å². The van der Waals surface area contributed by atoms with Gasteiger partial charge in [0, 0.05) is 0 Å². The van der Waals surface area contributed by atoms with Crippen molar-refractivity contribution in [1.82, 2.24) is 5.32 Å². The van der Waals surface area contributed by atoms with Gasteiger partial charge in [-0.15, -0.1) is 0 Å². The number of carbonyl (C=O) groups excluding carboxylic acids is 1. The third-order valence-electron chi connectivity index (χ3n) is 3.01. The van der Waals surface area contributed by atoms with Crippen LogP contribution >= 0.6 is 0 Å². The molecule has 0 bridgehead atoms. The van der Waals surface area contributed by atoms with Crippen molar-refractivity contribution >= 4 is 5.91 Å². The Kier molecular flexibility index (Phi) is 5.16. The van der Waals surface area contributed by atoms with Crippen LogP contribution in [-0.4, -0.2) is 5.91 Å². The third-order valence-corrected chi connectivity index (χ3v) is 3.01. The summed E-state index contributed by atoms with van der Waals surface area (Å²) in [5.41, 5.74) is 0.643. The second kappa shape index (κ2) is 7.28. The van der Waals surface area contributed by atoms with E-state index in [2.05, 4.69) is 17.2 Å². The van der Waals surface area contributed by atoms with Crippen LogP contribution in [0.3, 0.4) is 0 Å². The zero-order chi connectivity index (χ0) is 15.9. The number of carbonyl (C=O) groups is 1. The molecule has 0 radical (unpaired) electrons. The number of hydrogen-bond acceptors (Lipinski definition) is 2. The van der Waals surface area contributed by atoms with Crippen LogP contribution in [0.25, 0.3) is 0 Å². The zero-order valence-corrected chi connectivity index (χ0v) is 12.4. The number of amides is 1. The first-order chi connectivity index (χ1) is 10.6. The van der Waals surface area contributed by atoms with E-state index in [4.69, 9.17) is 4.74 Å². The summed E-state index contributed by atoms with van der Waals surface area (Å²) in [5, 5.41) is 2.67. The maximum Gasteiger partial charge on any atom is 0.296 e. The van der Waals surface area contributed by atoms with E-state index < -0.39 is 5.82 Å². The molecule has 0 fully saturated rings. The van der Waals surface area contributed by atoms with E-state index in [1.165, 1.54) is 6.07 Å². The molecule has 0 aliphatic rings. The fourth-order valence-electron chi connectivity index (χ4n) is 1.91. The molecule has 1 N–H and O–H groups in total. The zero-order valence-electron chi connectivity index (χ0n) is 12.4. The minimum Gasteiger partial charge on any atom is -0.454 e. The SMILES string of the molecule is CC#CC(=O)NC(C)c1ccc(Oc2ccccc2)c(F)c1. The van der Waals surface area contributed by atoms with Gasteiger partial charge in [0.1, 0.15) is 5.75 Å². The molecule has 0 aliphatic carbocycles. The highest BCUT2D eigenvalue weighted by molar-refractivity contribution is 5.93. The quantitative estimate of drug-likeness (QED) is 0.871. The van der Waals surface area contributed by atoms with Gasteiger partial charge in [-0.1, -0.05) is 30.2 Å². The summed E-state index contributed by atoms with van der Waals surface area (Å²) < 4.78 is 19.6.